The van der Waals surface area contributed by atoms with Crippen LogP contribution in [0.25, 0.3) is 0 Å². The van der Waals surface area contributed by atoms with E-state index >= 15 is 0 Å². The Morgan fingerprint density at radius 3 is 2.59 bits per heavy atom. The third kappa shape index (κ3) is 2.68. The summed E-state index contributed by atoms with van der Waals surface area (Å²) in [6, 6.07) is 0. The number of rotatable bonds is 3. The van der Waals surface area contributed by atoms with Gasteiger partial charge in [0.25, 0.3) is 0 Å². The molecule has 0 aromatic carbocycles. The molecule has 0 bridgehead atoms. The molecule has 0 aliphatic heterocycles. The van der Waals surface area contributed by atoms with Gasteiger partial charge in [-0.2, -0.15) is 4.98 Å². The molecule has 4 heteroatoms. The Morgan fingerprint density at radius 2 is 2.00 bits per heavy atom. The minimum atomic E-state index is -0.382. The normalized spacial score (nSPS) is 33.9. The predicted molar refractivity (Wildman–Crippen MR) is 66.3 cm³/mol. The van der Waals surface area contributed by atoms with E-state index < -0.39 is 0 Å². The molecule has 2 rings (SSSR count). The van der Waals surface area contributed by atoms with Crippen molar-refractivity contribution < 1.29 is 4.52 Å². The molecule has 1 aromatic rings. The minimum Gasteiger partial charge on any atom is -0.339 e. The largest absolute Gasteiger partial charge is 0.339 e. The molecule has 0 radical (unpaired) electrons. The Kier molecular flexibility index (Phi) is 3.52. The first-order chi connectivity index (χ1) is 8.03. The van der Waals surface area contributed by atoms with Crippen LogP contribution in [0, 0.1) is 11.8 Å². The van der Waals surface area contributed by atoms with E-state index in [2.05, 4.69) is 30.9 Å². The Bertz CT molecular complexity index is 364. The van der Waals surface area contributed by atoms with Crippen molar-refractivity contribution in [2.24, 2.45) is 17.6 Å². The topological polar surface area (TPSA) is 64.9 Å². The van der Waals surface area contributed by atoms with Crippen LogP contribution in [0.1, 0.15) is 58.2 Å². The number of nitrogens with zero attached hydrogens (tertiary/aromatic N) is 2. The lowest BCUT2D eigenvalue weighted by Crippen LogP contribution is -2.44. The Hall–Kier alpha value is -0.900. The van der Waals surface area contributed by atoms with Crippen LogP contribution in [0.5, 0.6) is 0 Å². The summed E-state index contributed by atoms with van der Waals surface area (Å²) < 4.78 is 5.25. The van der Waals surface area contributed by atoms with Crippen LogP contribution < -0.4 is 5.73 Å². The molecule has 2 unspecified atom stereocenters. The highest BCUT2D eigenvalue weighted by atomic mass is 16.5. The van der Waals surface area contributed by atoms with Gasteiger partial charge in [-0.1, -0.05) is 25.9 Å². The zero-order chi connectivity index (χ0) is 12.5. The molecule has 2 N–H and O–H groups in total. The number of hydrogen-bond acceptors (Lipinski definition) is 4. The van der Waals surface area contributed by atoms with E-state index in [1.165, 1.54) is 6.42 Å². The molecule has 1 heterocycles. The first-order valence-corrected chi connectivity index (χ1v) is 6.65. The van der Waals surface area contributed by atoms with Crippen molar-refractivity contribution in [3.63, 3.8) is 0 Å². The highest BCUT2D eigenvalue weighted by Crippen LogP contribution is 2.39. The lowest BCUT2D eigenvalue weighted by Gasteiger charge is -2.37. The van der Waals surface area contributed by atoms with Crippen molar-refractivity contribution in [1.29, 1.82) is 0 Å². The lowest BCUT2D eigenvalue weighted by molar-refractivity contribution is 0.171. The molecule has 1 fully saturated rings. The van der Waals surface area contributed by atoms with Crippen LogP contribution in [0.4, 0.5) is 0 Å². The summed E-state index contributed by atoms with van der Waals surface area (Å²) in [4.78, 5) is 4.46. The molecule has 1 aliphatic carbocycles. The second-order valence-electron chi connectivity index (χ2n) is 5.77. The average molecular weight is 237 g/mol. The summed E-state index contributed by atoms with van der Waals surface area (Å²) in [5.41, 5.74) is 6.10. The maximum Gasteiger partial charge on any atom is 0.226 e. The standard InChI is InChI=1S/C13H23N3O/c1-4-5-11-15-12(16-17-11)13(14)7-9(2)6-10(3)8-13/h9-10H,4-8,14H2,1-3H3. The highest BCUT2D eigenvalue weighted by Gasteiger charge is 2.39. The van der Waals surface area contributed by atoms with Crippen LogP contribution in [0.3, 0.4) is 0 Å². The van der Waals surface area contributed by atoms with E-state index in [1.54, 1.807) is 0 Å². The van der Waals surface area contributed by atoms with Gasteiger partial charge in [-0.3, -0.25) is 0 Å². The van der Waals surface area contributed by atoms with Gasteiger partial charge in [0.05, 0.1) is 5.54 Å². The Balaban J connectivity index is 2.18. The van der Waals surface area contributed by atoms with Gasteiger partial charge in [0.15, 0.2) is 5.82 Å². The second kappa shape index (κ2) is 4.77. The van der Waals surface area contributed by atoms with E-state index in [9.17, 15) is 0 Å². The van der Waals surface area contributed by atoms with E-state index in [0.717, 1.165) is 31.6 Å². The monoisotopic (exact) mass is 237 g/mol. The van der Waals surface area contributed by atoms with Crippen molar-refractivity contribution >= 4 is 0 Å². The molecule has 4 nitrogen and oxygen atoms in total. The van der Waals surface area contributed by atoms with Gasteiger partial charge in [0.1, 0.15) is 0 Å². The van der Waals surface area contributed by atoms with Gasteiger partial charge in [0, 0.05) is 6.42 Å². The quantitative estimate of drug-likeness (QED) is 0.877. The first-order valence-electron chi connectivity index (χ1n) is 6.65. The second-order valence-corrected chi connectivity index (χ2v) is 5.77. The molecule has 17 heavy (non-hydrogen) atoms. The molecular weight excluding hydrogens is 214 g/mol. The molecular formula is C13H23N3O. The summed E-state index contributed by atoms with van der Waals surface area (Å²) >= 11 is 0. The molecule has 96 valence electrons. The van der Waals surface area contributed by atoms with E-state index in [1.807, 2.05) is 0 Å². The lowest BCUT2D eigenvalue weighted by atomic mass is 9.72. The van der Waals surface area contributed by atoms with Crippen LogP contribution in [-0.4, -0.2) is 10.1 Å². The third-order valence-corrected chi connectivity index (χ3v) is 3.61. The van der Waals surface area contributed by atoms with E-state index in [4.69, 9.17) is 10.3 Å². The molecule has 1 saturated carbocycles. The average Bonchev–Trinajstić information content (AvgIpc) is 2.65. The smallest absolute Gasteiger partial charge is 0.226 e. The van der Waals surface area contributed by atoms with Crippen molar-refractivity contribution in [1.82, 2.24) is 10.1 Å². The molecule has 0 spiro atoms. The number of aromatic nitrogens is 2. The Morgan fingerprint density at radius 1 is 1.35 bits per heavy atom. The third-order valence-electron chi connectivity index (χ3n) is 3.61. The van der Waals surface area contributed by atoms with Gasteiger partial charge >= 0.3 is 0 Å². The van der Waals surface area contributed by atoms with Crippen LogP contribution in [0.15, 0.2) is 4.52 Å². The number of hydrogen-bond donors (Lipinski definition) is 1. The SMILES string of the molecule is CCCc1nc(C2(N)CC(C)CC(C)C2)no1. The fraction of sp³-hybridized carbons (Fsp3) is 0.846. The van der Waals surface area contributed by atoms with Gasteiger partial charge in [-0.15, -0.1) is 0 Å². The maximum absolute atomic E-state index is 6.49. The van der Waals surface area contributed by atoms with Gasteiger partial charge in [0.2, 0.25) is 5.89 Å². The predicted octanol–water partition coefficient (Wildman–Crippen LogP) is 2.63. The van der Waals surface area contributed by atoms with Crippen LogP contribution >= 0.6 is 0 Å². The molecule has 1 aliphatic rings. The molecule has 0 saturated heterocycles. The van der Waals surface area contributed by atoms with Crippen LogP contribution in [-0.2, 0) is 12.0 Å². The molecule has 0 amide bonds. The summed E-state index contributed by atoms with van der Waals surface area (Å²) in [7, 11) is 0. The van der Waals surface area contributed by atoms with Gasteiger partial charge in [-0.25, -0.2) is 0 Å². The fourth-order valence-electron chi connectivity index (χ4n) is 3.14. The van der Waals surface area contributed by atoms with E-state index in [0.29, 0.717) is 17.7 Å². The first kappa shape index (κ1) is 12.6. The van der Waals surface area contributed by atoms with Crippen molar-refractivity contribution in [2.45, 2.75) is 58.4 Å². The van der Waals surface area contributed by atoms with Gasteiger partial charge < -0.3 is 10.3 Å². The van der Waals surface area contributed by atoms with Crippen molar-refractivity contribution in [2.75, 3.05) is 0 Å². The van der Waals surface area contributed by atoms with E-state index in [-0.39, 0.29) is 5.54 Å². The fourth-order valence-corrected chi connectivity index (χ4v) is 3.14. The number of aryl methyl sites for hydroxylation is 1. The van der Waals surface area contributed by atoms with Gasteiger partial charge in [-0.05, 0) is 37.5 Å². The number of nitrogens with two attached hydrogens (primary N) is 1. The minimum absolute atomic E-state index is 0.382. The zero-order valence-corrected chi connectivity index (χ0v) is 11.1. The zero-order valence-electron chi connectivity index (χ0n) is 11.1. The van der Waals surface area contributed by atoms with Crippen LogP contribution in [0.2, 0.25) is 0 Å². The molecule has 1 aromatic heterocycles. The van der Waals surface area contributed by atoms with Crippen molar-refractivity contribution in [3.8, 4) is 0 Å². The Labute approximate surface area is 103 Å². The summed E-state index contributed by atoms with van der Waals surface area (Å²) in [6.07, 6.45) is 5.03. The summed E-state index contributed by atoms with van der Waals surface area (Å²) in [6.45, 7) is 6.61. The maximum atomic E-state index is 6.49. The van der Waals surface area contributed by atoms with Crippen molar-refractivity contribution in [3.05, 3.63) is 11.7 Å². The highest BCUT2D eigenvalue weighted by molar-refractivity contribution is 5.07. The molecule has 2 atom stereocenters. The summed E-state index contributed by atoms with van der Waals surface area (Å²) in [5, 5.41) is 4.09. The summed E-state index contributed by atoms with van der Waals surface area (Å²) in [5.74, 6) is 2.70.